The monoisotopic (exact) mass is 101 g/mol. The molecule has 1 nitrogen and oxygen atoms in total. The average molecular weight is 101 g/mol. The zero-order valence-corrected chi connectivity index (χ0v) is 2.54. The molecule has 0 unspecified atom stereocenters. The standard InChI is InChI=1S/BF.F3N/c1-2;1-4(2)3. The van der Waals surface area contributed by atoms with Crippen molar-refractivity contribution in [1.82, 2.24) is 5.57 Å². The van der Waals surface area contributed by atoms with Crippen molar-refractivity contribution >= 4 is 8.12 Å². The van der Waals surface area contributed by atoms with Crippen molar-refractivity contribution in [1.29, 1.82) is 0 Å². The number of halogens is 4. The molecule has 0 atom stereocenters. The summed E-state index contributed by atoms with van der Waals surface area (Å²) in [5.74, 6) is 0. The van der Waals surface area contributed by atoms with E-state index in [1.165, 1.54) is 0 Å². The SMILES string of the molecule is FN(F)F.[B]F. The molecule has 36 valence electrons. The van der Waals surface area contributed by atoms with E-state index in [0.717, 1.165) is 0 Å². The van der Waals surface area contributed by atoms with Crippen LogP contribution in [0.1, 0.15) is 0 Å². The minimum atomic E-state index is -2.50. The molecule has 0 aliphatic rings. The van der Waals surface area contributed by atoms with E-state index in [-0.39, 0.29) is 0 Å². The molecule has 0 N–H and O–H groups in total. The molecule has 6 heteroatoms. The van der Waals surface area contributed by atoms with Gasteiger partial charge in [0, 0.05) is 0 Å². The molecule has 0 saturated heterocycles. The fourth-order valence-electron chi connectivity index (χ4n) is 0. The minimum absolute atomic E-state index is 2.50. The molecule has 0 aromatic rings. The third-order valence-electron chi connectivity index (χ3n) is 0. The van der Waals surface area contributed by atoms with E-state index in [4.69, 9.17) is 4.32 Å². The average Bonchev–Trinajstić information content (AvgIpc) is 1.41. The zero-order chi connectivity index (χ0) is 5.58. The highest BCUT2D eigenvalue weighted by atomic mass is 19.5. The summed E-state index contributed by atoms with van der Waals surface area (Å²) >= 11 is 0. The van der Waals surface area contributed by atoms with Gasteiger partial charge in [-0.15, -0.1) is 0 Å². The fourth-order valence-corrected chi connectivity index (χ4v) is 0. The van der Waals surface area contributed by atoms with Crippen molar-refractivity contribution in [2.24, 2.45) is 0 Å². The van der Waals surface area contributed by atoms with Gasteiger partial charge in [-0.25, -0.2) is 0 Å². The van der Waals surface area contributed by atoms with E-state index in [1.54, 1.807) is 0 Å². The molecule has 2 radical (unpaired) electrons. The summed E-state index contributed by atoms with van der Waals surface area (Å²) < 4.78 is 37.5. The van der Waals surface area contributed by atoms with Crippen molar-refractivity contribution in [3.8, 4) is 0 Å². The van der Waals surface area contributed by atoms with E-state index in [0.29, 0.717) is 0 Å². The molecular formula is BF4N. The van der Waals surface area contributed by atoms with Crippen LogP contribution >= 0.6 is 0 Å². The summed E-state index contributed by atoms with van der Waals surface area (Å²) in [7, 11) is 3.00. The predicted octanol–water partition coefficient (Wildman–Crippen LogP) is 0.981. The van der Waals surface area contributed by atoms with Crippen LogP contribution in [0.15, 0.2) is 0 Å². The summed E-state index contributed by atoms with van der Waals surface area (Å²) in [5, 5.41) is 0. The maximum absolute atomic E-state index is 9.50. The molecule has 0 saturated carbocycles. The fraction of sp³-hybridized carbons (Fsp3) is 0. The summed E-state index contributed by atoms with van der Waals surface area (Å²) in [4.78, 5) is 0. The maximum Gasteiger partial charge on any atom is 0.350 e. The predicted molar refractivity (Wildman–Crippen MR) is 12.0 cm³/mol. The van der Waals surface area contributed by atoms with E-state index in [1.807, 2.05) is 0 Å². The van der Waals surface area contributed by atoms with Crippen LogP contribution in [0.2, 0.25) is 0 Å². The molecule has 0 heterocycles. The molecule has 0 aliphatic carbocycles. The first-order chi connectivity index (χ1) is 2.73. The quantitative estimate of drug-likeness (QED) is 0.249. The van der Waals surface area contributed by atoms with Crippen LogP contribution in [-0.2, 0) is 0 Å². The topological polar surface area (TPSA) is 3.24 Å². The first-order valence-corrected chi connectivity index (χ1v) is 0.725. The Morgan fingerprint density at radius 1 is 1.00 bits per heavy atom. The Morgan fingerprint density at radius 3 is 1.00 bits per heavy atom. The van der Waals surface area contributed by atoms with Gasteiger partial charge in [-0.2, -0.15) is 0 Å². The van der Waals surface area contributed by atoms with Crippen molar-refractivity contribution in [2.45, 2.75) is 0 Å². The Labute approximate surface area is 32.8 Å². The van der Waals surface area contributed by atoms with Gasteiger partial charge in [0.2, 0.25) is 0 Å². The lowest BCUT2D eigenvalue weighted by Crippen LogP contribution is -1.72. The second kappa shape index (κ2) is 8.83. The van der Waals surface area contributed by atoms with Gasteiger partial charge in [0.1, 0.15) is 0 Å². The summed E-state index contributed by atoms with van der Waals surface area (Å²) in [5.41, 5.74) is -2.50. The van der Waals surface area contributed by atoms with Crippen LogP contribution in [-0.4, -0.2) is 13.7 Å². The molecular weight excluding hydrogens is 101 g/mol. The van der Waals surface area contributed by atoms with Gasteiger partial charge in [0.25, 0.3) is 0 Å². The number of rotatable bonds is 0. The summed E-state index contributed by atoms with van der Waals surface area (Å²) in [6.07, 6.45) is 0. The molecule has 0 fully saturated rings. The normalized spacial score (nSPS) is 6.83. The number of hydrogen-bond acceptors (Lipinski definition) is 1. The lowest BCUT2D eigenvalue weighted by atomic mass is 10.7. The smallest absolute Gasteiger partial charge is 0.350 e. The van der Waals surface area contributed by atoms with E-state index in [2.05, 4.69) is 8.12 Å². The molecule has 0 spiro atoms. The highest BCUT2D eigenvalue weighted by Crippen LogP contribution is 1.82. The molecule has 0 bridgehead atoms. The van der Waals surface area contributed by atoms with Crippen LogP contribution < -0.4 is 0 Å². The first-order valence-electron chi connectivity index (χ1n) is 0.725. The molecule has 0 aromatic heterocycles. The highest BCUT2D eigenvalue weighted by molar-refractivity contribution is 5.96. The van der Waals surface area contributed by atoms with Gasteiger partial charge in [0.15, 0.2) is 5.57 Å². The van der Waals surface area contributed by atoms with Crippen molar-refractivity contribution in [2.75, 3.05) is 0 Å². The lowest BCUT2D eigenvalue weighted by Gasteiger charge is -1.67. The molecule has 0 aliphatic heterocycles. The highest BCUT2D eigenvalue weighted by Gasteiger charge is 1.80. The second-order valence-electron chi connectivity index (χ2n) is 0.192. The largest absolute Gasteiger partial charge is 0.350 e. The van der Waals surface area contributed by atoms with E-state index in [9.17, 15) is 13.4 Å². The van der Waals surface area contributed by atoms with Gasteiger partial charge < -0.3 is 4.32 Å². The minimum Gasteiger partial charge on any atom is -0.350 e. The van der Waals surface area contributed by atoms with Gasteiger partial charge in [-0.05, 0) is 0 Å². The van der Waals surface area contributed by atoms with Crippen molar-refractivity contribution < 1.29 is 17.8 Å². The molecule has 6 heavy (non-hydrogen) atoms. The Kier molecular flexibility index (Phi) is 13.6. The van der Waals surface area contributed by atoms with Crippen molar-refractivity contribution in [3.05, 3.63) is 0 Å². The van der Waals surface area contributed by atoms with Gasteiger partial charge in [0.05, 0.1) is 0 Å². The Morgan fingerprint density at radius 2 is 1.00 bits per heavy atom. The van der Waals surface area contributed by atoms with Crippen LogP contribution in [0.3, 0.4) is 0 Å². The molecule has 0 aromatic carbocycles. The van der Waals surface area contributed by atoms with Crippen molar-refractivity contribution in [3.63, 3.8) is 0 Å². The first kappa shape index (κ1) is 9.22. The van der Waals surface area contributed by atoms with Crippen LogP contribution in [0.25, 0.3) is 0 Å². The van der Waals surface area contributed by atoms with Crippen LogP contribution in [0, 0.1) is 0 Å². The Bertz CT molecular complexity index is 12.3. The summed E-state index contributed by atoms with van der Waals surface area (Å²) in [6, 6.07) is 0. The van der Waals surface area contributed by atoms with Crippen LogP contribution in [0.5, 0.6) is 0 Å². The van der Waals surface area contributed by atoms with Crippen LogP contribution in [0.4, 0.5) is 17.8 Å². The van der Waals surface area contributed by atoms with E-state index >= 15 is 0 Å². The number of hydrogen-bond donors (Lipinski definition) is 0. The van der Waals surface area contributed by atoms with Gasteiger partial charge in [-0.1, -0.05) is 13.4 Å². The summed E-state index contributed by atoms with van der Waals surface area (Å²) in [6.45, 7) is 0. The van der Waals surface area contributed by atoms with E-state index < -0.39 is 5.57 Å². The third kappa shape index (κ3) is 434. The van der Waals surface area contributed by atoms with Gasteiger partial charge >= 0.3 is 8.12 Å². The molecule has 0 rings (SSSR count). The maximum atomic E-state index is 9.50. The molecule has 0 amide bonds. The second-order valence-corrected chi connectivity index (χ2v) is 0.192. The van der Waals surface area contributed by atoms with Gasteiger partial charge in [-0.3, -0.25) is 0 Å². The Balaban J connectivity index is 0. The lowest BCUT2D eigenvalue weighted by molar-refractivity contribution is -0.295. The zero-order valence-electron chi connectivity index (χ0n) is 2.54. The Hall–Kier alpha value is -0.255. The number of nitrogens with zero attached hydrogens (tertiary/aromatic N) is 1. The third-order valence-corrected chi connectivity index (χ3v) is 0.